The number of nitrogens with one attached hydrogen (secondary N) is 2. The van der Waals surface area contributed by atoms with Gasteiger partial charge in [-0.2, -0.15) is 4.31 Å². The highest BCUT2D eigenvalue weighted by atomic mass is 35.5. The average Bonchev–Trinajstić information content (AvgIpc) is 2.68. The molecule has 0 atom stereocenters. The Hall–Kier alpha value is -1.15. The molecule has 0 unspecified atom stereocenters. The predicted molar refractivity (Wildman–Crippen MR) is 105 cm³/mol. The van der Waals surface area contributed by atoms with Crippen molar-refractivity contribution in [3.63, 3.8) is 0 Å². The van der Waals surface area contributed by atoms with Crippen LogP contribution in [0.5, 0.6) is 0 Å². The molecule has 27 heavy (non-hydrogen) atoms. The van der Waals surface area contributed by atoms with E-state index in [0.717, 1.165) is 11.4 Å². The van der Waals surface area contributed by atoms with Crippen molar-refractivity contribution in [1.29, 1.82) is 0 Å². The third kappa shape index (κ3) is 5.44. The van der Waals surface area contributed by atoms with Gasteiger partial charge in [0, 0.05) is 6.54 Å². The lowest BCUT2D eigenvalue weighted by molar-refractivity contribution is -0.895. The van der Waals surface area contributed by atoms with E-state index in [0.29, 0.717) is 38.6 Å². The van der Waals surface area contributed by atoms with Crippen molar-refractivity contribution in [2.75, 3.05) is 39.3 Å². The Morgan fingerprint density at radius 3 is 2.48 bits per heavy atom. The molecule has 1 aliphatic carbocycles. The molecule has 1 aliphatic heterocycles. The number of quaternary nitrogens is 1. The van der Waals surface area contributed by atoms with Crippen molar-refractivity contribution in [2.45, 2.75) is 37.0 Å². The van der Waals surface area contributed by atoms with Gasteiger partial charge in [-0.25, -0.2) is 8.42 Å². The zero-order chi connectivity index (χ0) is 19.3. The molecule has 1 heterocycles. The molecule has 3 rings (SSSR count). The predicted octanol–water partition coefficient (Wildman–Crippen LogP) is 0.926. The Bertz CT molecular complexity index is 742. The lowest BCUT2D eigenvalue weighted by atomic mass is 9.89. The zero-order valence-electron chi connectivity index (χ0n) is 15.6. The van der Waals surface area contributed by atoms with Gasteiger partial charge in [0.25, 0.3) is 5.91 Å². The van der Waals surface area contributed by atoms with Crippen LogP contribution in [0.15, 0.2) is 29.2 Å². The first-order valence-electron chi connectivity index (χ1n) is 9.82. The summed E-state index contributed by atoms with van der Waals surface area (Å²) in [4.78, 5) is 13.5. The maximum atomic E-state index is 12.8. The van der Waals surface area contributed by atoms with Gasteiger partial charge in [-0.15, -0.1) is 0 Å². The fourth-order valence-electron chi connectivity index (χ4n) is 3.95. The number of benzene rings is 1. The Morgan fingerprint density at radius 2 is 1.81 bits per heavy atom. The standard InChI is InChI=1S/C19H28ClN3O3S/c20-17-8-4-5-9-18(17)27(25,26)23-12-10-22(11-13-23)15-19(24)21-14-16-6-2-1-3-7-16/h4-5,8-9,16H,1-3,6-7,10-15H2,(H,21,24)/p+1. The van der Waals surface area contributed by atoms with Gasteiger partial charge >= 0.3 is 0 Å². The molecular formula is C19H29ClN3O3S+. The fourth-order valence-corrected chi connectivity index (χ4v) is 5.89. The molecule has 0 aromatic heterocycles. The fraction of sp³-hybridized carbons (Fsp3) is 0.632. The molecule has 2 fully saturated rings. The first-order chi connectivity index (χ1) is 13.0. The molecule has 8 heteroatoms. The van der Waals surface area contributed by atoms with Crippen molar-refractivity contribution in [2.24, 2.45) is 5.92 Å². The number of hydrogen-bond acceptors (Lipinski definition) is 3. The highest BCUT2D eigenvalue weighted by Gasteiger charge is 2.32. The van der Waals surface area contributed by atoms with Crippen LogP contribution in [0.4, 0.5) is 0 Å². The SMILES string of the molecule is O=C(C[NH+]1CCN(S(=O)(=O)c2ccccc2Cl)CC1)NCC1CCCCC1. The van der Waals surface area contributed by atoms with E-state index in [-0.39, 0.29) is 15.8 Å². The van der Waals surface area contributed by atoms with E-state index in [9.17, 15) is 13.2 Å². The highest BCUT2D eigenvalue weighted by molar-refractivity contribution is 7.89. The van der Waals surface area contributed by atoms with Crippen molar-refractivity contribution >= 4 is 27.5 Å². The maximum absolute atomic E-state index is 12.8. The van der Waals surface area contributed by atoms with Gasteiger partial charge in [0.15, 0.2) is 6.54 Å². The summed E-state index contributed by atoms with van der Waals surface area (Å²) in [5.74, 6) is 0.688. The van der Waals surface area contributed by atoms with E-state index in [4.69, 9.17) is 11.6 Å². The van der Waals surface area contributed by atoms with Gasteiger partial charge in [-0.1, -0.05) is 43.0 Å². The van der Waals surface area contributed by atoms with E-state index < -0.39 is 10.0 Å². The molecule has 0 radical (unpaired) electrons. The molecule has 1 saturated carbocycles. The highest BCUT2D eigenvalue weighted by Crippen LogP contribution is 2.24. The number of rotatable bonds is 6. The summed E-state index contributed by atoms with van der Waals surface area (Å²) in [7, 11) is -3.58. The average molecular weight is 415 g/mol. The van der Waals surface area contributed by atoms with Crippen LogP contribution < -0.4 is 10.2 Å². The molecular weight excluding hydrogens is 386 g/mol. The Labute approximate surface area is 166 Å². The maximum Gasteiger partial charge on any atom is 0.275 e. The Morgan fingerprint density at radius 1 is 1.15 bits per heavy atom. The van der Waals surface area contributed by atoms with Crippen LogP contribution in [0, 0.1) is 5.92 Å². The lowest BCUT2D eigenvalue weighted by Gasteiger charge is -2.31. The topological polar surface area (TPSA) is 70.9 Å². The Balaban J connectivity index is 1.46. The van der Waals surface area contributed by atoms with Crippen molar-refractivity contribution in [1.82, 2.24) is 9.62 Å². The van der Waals surface area contributed by atoms with Crippen molar-refractivity contribution < 1.29 is 18.1 Å². The molecule has 0 spiro atoms. The van der Waals surface area contributed by atoms with Crippen LogP contribution in [-0.2, 0) is 14.8 Å². The number of carbonyl (C=O) groups excluding carboxylic acids is 1. The van der Waals surface area contributed by atoms with E-state index in [1.54, 1.807) is 18.2 Å². The largest absolute Gasteiger partial charge is 0.351 e. The minimum absolute atomic E-state index is 0.0676. The summed E-state index contributed by atoms with van der Waals surface area (Å²) in [6.45, 7) is 3.24. The first-order valence-corrected chi connectivity index (χ1v) is 11.6. The summed E-state index contributed by atoms with van der Waals surface area (Å²) in [5.41, 5.74) is 0. The van der Waals surface area contributed by atoms with E-state index in [2.05, 4.69) is 5.32 Å². The summed E-state index contributed by atoms with van der Waals surface area (Å²) in [6, 6.07) is 6.52. The zero-order valence-corrected chi connectivity index (χ0v) is 17.2. The lowest BCUT2D eigenvalue weighted by Crippen LogP contribution is -3.15. The number of nitrogens with zero attached hydrogens (tertiary/aromatic N) is 1. The summed E-state index contributed by atoms with van der Waals surface area (Å²) < 4.78 is 27.0. The molecule has 2 N–H and O–H groups in total. The quantitative estimate of drug-likeness (QED) is 0.727. The van der Waals surface area contributed by atoms with Crippen LogP contribution >= 0.6 is 11.6 Å². The third-order valence-electron chi connectivity index (χ3n) is 5.61. The van der Waals surface area contributed by atoms with Crippen LogP contribution in [-0.4, -0.2) is 57.9 Å². The molecule has 150 valence electrons. The smallest absolute Gasteiger partial charge is 0.275 e. The number of sulfonamides is 1. The van der Waals surface area contributed by atoms with Crippen LogP contribution in [0.3, 0.4) is 0 Å². The Kier molecular flexibility index (Phi) is 7.14. The molecule has 1 amide bonds. The van der Waals surface area contributed by atoms with Gasteiger partial charge < -0.3 is 10.2 Å². The molecule has 6 nitrogen and oxygen atoms in total. The van der Waals surface area contributed by atoms with Gasteiger partial charge in [-0.3, -0.25) is 4.79 Å². The van der Waals surface area contributed by atoms with Crippen LogP contribution in [0.1, 0.15) is 32.1 Å². The van der Waals surface area contributed by atoms with Gasteiger partial charge in [-0.05, 0) is 30.9 Å². The van der Waals surface area contributed by atoms with Crippen molar-refractivity contribution in [3.05, 3.63) is 29.3 Å². The second kappa shape index (κ2) is 9.37. The van der Waals surface area contributed by atoms with Crippen molar-refractivity contribution in [3.8, 4) is 0 Å². The van der Waals surface area contributed by atoms with E-state index >= 15 is 0 Å². The minimum Gasteiger partial charge on any atom is -0.351 e. The number of halogens is 1. The molecule has 2 aliphatic rings. The second-order valence-corrected chi connectivity index (χ2v) is 9.88. The number of piperazine rings is 1. The monoisotopic (exact) mass is 414 g/mol. The number of hydrogen-bond donors (Lipinski definition) is 2. The van der Waals surface area contributed by atoms with Gasteiger partial charge in [0.05, 0.1) is 31.2 Å². The van der Waals surface area contributed by atoms with Gasteiger partial charge in [0.2, 0.25) is 10.0 Å². The van der Waals surface area contributed by atoms with Crippen LogP contribution in [0.25, 0.3) is 0 Å². The molecule has 1 saturated heterocycles. The van der Waals surface area contributed by atoms with Crippen LogP contribution in [0.2, 0.25) is 5.02 Å². The molecule has 1 aromatic carbocycles. The summed E-state index contributed by atoms with van der Waals surface area (Å²) >= 11 is 6.06. The molecule has 1 aromatic rings. The third-order valence-corrected chi connectivity index (χ3v) is 8.01. The van der Waals surface area contributed by atoms with E-state index in [1.807, 2.05) is 0 Å². The minimum atomic E-state index is -3.58. The second-order valence-electron chi connectivity index (χ2n) is 7.57. The number of amides is 1. The first kappa shape index (κ1) is 20.6. The normalized spacial score (nSPS) is 20.5. The van der Waals surface area contributed by atoms with Gasteiger partial charge in [0.1, 0.15) is 4.90 Å². The summed E-state index contributed by atoms with van der Waals surface area (Å²) in [6.07, 6.45) is 6.29. The van der Waals surface area contributed by atoms with E-state index in [1.165, 1.54) is 42.5 Å². The molecule has 0 bridgehead atoms. The number of carbonyl (C=O) groups is 1. The summed E-state index contributed by atoms with van der Waals surface area (Å²) in [5, 5.41) is 3.31.